The van der Waals surface area contributed by atoms with Crippen molar-refractivity contribution in [1.29, 1.82) is 0 Å². The number of anilines is 1. The van der Waals surface area contributed by atoms with E-state index in [0.29, 0.717) is 6.61 Å². The molecule has 0 aromatic heterocycles. The van der Waals surface area contributed by atoms with E-state index in [-0.39, 0.29) is 17.9 Å². The molecule has 1 amide bonds. The summed E-state index contributed by atoms with van der Waals surface area (Å²) >= 11 is 0. The van der Waals surface area contributed by atoms with Crippen molar-refractivity contribution in [3.63, 3.8) is 0 Å². The molecule has 0 fully saturated rings. The standard InChI is InChI=1S/C13H18N2O2/c1-8-10-6-9(11(14)7-17-3)4-5-12(10)15(2)13(8)16/h4-6,8,11H,7,14H2,1-3H3. The van der Waals surface area contributed by atoms with Gasteiger partial charge in [-0.05, 0) is 24.1 Å². The molecular weight excluding hydrogens is 216 g/mol. The van der Waals surface area contributed by atoms with E-state index in [9.17, 15) is 4.79 Å². The molecule has 0 radical (unpaired) electrons. The summed E-state index contributed by atoms with van der Waals surface area (Å²) < 4.78 is 5.04. The number of fused-ring (bicyclic) bond motifs is 1. The van der Waals surface area contributed by atoms with Crippen molar-refractivity contribution in [3.05, 3.63) is 29.3 Å². The summed E-state index contributed by atoms with van der Waals surface area (Å²) in [6.07, 6.45) is 0. The van der Waals surface area contributed by atoms with Gasteiger partial charge in [0.1, 0.15) is 0 Å². The zero-order valence-corrected chi connectivity index (χ0v) is 10.4. The number of carbonyl (C=O) groups is 1. The Morgan fingerprint density at radius 1 is 1.53 bits per heavy atom. The van der Waals surface area contributed by atoms with Gasteiger partial charge in [0.2, 0.25) is 5.91 Å². The van der Waals surface area contributed by atoms with Gasteiger partial charge in [-0.3, -0.25) is 4.79 Å². The van der Waals surface area contributed by atoms with Crippen LogP contribution in [0, 0.1) is 0 Å². The van der Waals surface area contributed by atoms with Crippen molar-refractivity contribution in [1.82, 2.24) is 0 Å². The van der Waals surface area contributed by atoms with Crippen molar-refractivity contribution >= 4 is 11.6 Å². The van der Waals surface area contributed by atoms with Crippen LogP contribution < -0.4 is 10.6 Å². The summed E-state index contributed by atoms with van der Waals surface area (Å²) in [5.41, 5.74) is 9.04. The van der Waals surface area contributed by atoms with E-state index in [2.05, 4.69) is 0 Å². The second kappa shape index (κ2) is 4.47. The van der Waals surface area contributed by atoms with Crippen LogP contribution in [0.3, 0.4) is 0 Å². The van der Waals surface area contributed by atoms with E-state index < -0.39 is 0 Å². The molecule has 17 heavy (non-hydrogen) atoms. The van der Waals surface area contributed by atoms with E-state index in [1.165, 1.54) is 0 Å². The Morgan fingerprint density at radius 3 is 2.88 bits per heavy atom. The second-order valence-corrected chi connectivity index (χ2v) is 4.50. The normalized spacial score (nSPS) is 20.6. The lowest BCUT2D eigenvalue weighted by Gasteiger charge is -2.14. The third-order valence-corrected chi connectivity index (χ3v) is 3.35. The Labute approximate surface area is 101 Å². The summed E-state index contributed by atoms with van der Waals surface area (Å²) in [6, 6.07) is 5.80. The van der Waals surface area contributed by atoms with Crippen LogP contribution in [0.1, 0.15) is 30.0 Å². The van der Waals surface area contributed by atoms with E-state index >= 15 is 0 Å². The smallest absolute Gasteiger partial charge is 0.234 e. The molecule has 92 valence electrons. The van der Waals surface area contributed by atoms with Crippen LogP contribution in [0.25, 0.3) is 0 Å². The van der Waals surface area contributed by atoms with Crippen molar-refractivity contribution in [2.75, 3.05) is 25.7 Å². The van der Waals surface area contributed by atoms with Crippen LogP contribution in [0.4, 0.5) is 5.69 Å². The maximum atomic E-state index is 11.8. The topological polar surface area (TPSA) is 55.6 Å². The van der Waals surface area contributed by atoms with Crippen molar-refractivity contribution < 1.29 is 9.53 Å². The summed E-state index contributed by atoms with van der Waals surface area (Å²) in [6.45, 7) is 2.41. The molecule has 4 nitrogen and oxygen atoms in total. The highest BCUT2D eigenvalue weighted by Crippen LogP contribution is 2.37. The molecule has 0 spiro atoms. The van der Waals surface area contributed by atoms with Gasteiger partial charge in [-0.15, -0.1) is 0 Å². The molecule has 1 aliphatic heterocycles. The van der Waals surface area contributed by atoms with Gasteiger partial charge >= 0.3 is 0 Å². The molecule has 2 unspecified atom stereocenters. The molecule has 4 heteroatoms. The fourth-order valence-electron chi connectivity index (χ4n) is 2.27. The minimum atomic E-state index is -0.140. The summed E-state index contributed by atoms with van der Waals surface area (Å²) in [5.74, 6) is 0.0576. The first-order chi connectivity index (χ1) is 8.06. The van der Waals surface area contributed by atoms with Crippen molar-refractivity contribution in [3.8, 4) is 0 Å². The van der Waals surface area contributed by atoms with Gasteiger partial charge in [0.15, 0.2) is 0 Å². The largest absolute Gasteiger partial charge is 0.383 e. The van der Waals surface area contributed by atoms with Crippen molar-refractivity contribution in [2.45, 2.75) is 18.9 Å². The highest BCUT2D eigenvalue weighted by molar-refractivity contribution is 6.04. The van der Waals surface area contributed by atoms with Crippen LogP contribution in [-0.2, 0) is 9.53 Å². The quantitative estimate of drug-likeness (QED) is 0.860. The summed E-state index contributed by atoms with van der Waals surface area (Å²) in [5, 5.41) is 0. The summed E-state index contributed by atoms with van der Waals surface area (Å²) in [7, 11) is 3.44. The first-order valence-corrected chi connectivity index (χ1v) is 5.72. The number of nitrogens with two attached hydrogens (primary N) is 1. The molecule has 1 aromatic rings. The van der Waals surface area contributed by atoms with E-state index in [1.54, 1.807) is 19.1 Å². The van der Waals surface area contributed by atoms with Crippen molar-refractivity contribution in [2.24, 2.45) is 5.73 Å². The lowest BCUT2D eigenvalue weighted by atomic mass is 9.98. The average molecular weight is 234 g/mol. The number of hydrogen-bond donors (Lipinski definition) is 1. The van der Waals surface area contributed by atoms with Crippen LogP contribution >= 0.6 is 0 Å². The number of amides is 1. The fraction of sp³-hybridized carbons (Fsp3) is 0.462. The minimum absolute atomic E-state index is 0.0790. The van der Waals surface area contributed by atoms with Gasteiger partial charge in [0, 0.05) is 19.8 Å². The van der Waals surface area contributed by atoms with Crippen LogP contribution in [-0.4, -0.2) is 26.7 Å². The van der Waals surface area contributed by atoms with Gasteiger partial charge in [0.25, 0.3) is 0 Å². The zero-order valence-electron chi connectivity index (χ0n) is 10.4. The number of rotatable bonds is 3. The fourth-order valence-corrected chi connectivity index (χ4v) is 2.27. The van der Waals surface area contributed by atoms with Gasteiger partial charge in [-0.1, -0.05) is 12.1 Å². The van der Waals surface area contributed by atoms with E-state index in [0.717, 1.165) is 16.8 Å². The molecular formula is C13H18N2O2. The minimum Gasteiger partial charge on any atom is -0.383 e. The Bertz CT molecular complexity index is 445. The molecule has 0 aliphatic carbocycles. The van der Waals surface area contributed by atoms with Crippen LogP contribution in [0.2, 0.25) is 0 Å². The van der Waals surface area contributed by atoms with Crippen LogP contribution in [0.15, 0.2) is 18.2 Å². The molecule has 0 saturated heterocycles. The molecule has 0 saturated carbocycles. The molecule has 1 aromatic carbocycles. The van der Waals surface area contributed by atoms with Gasteiger partial charge in [0.05, 0.1) is 18.6 Å². The highest BCUT2D eigenvalue weighted by Gasteiger charge is 2.31. The van der Waals surface area contributed by atoms with Gasteiger partial charge < -0.3 is 15.4 Å². The molecule has 1 heterocycles. The Balaban J connectivity index is 2.36. The lowest BCUT2D eigenvalue weighted by Crippen LogP contribution is -2.22. The zero-order chi connectivity index (χ0) is 12.6. The SMILES string of the molecule is COCC(N)c1ccc2c(c1)C(C)C(=O)N2C. The third-order valence-electron chi connectivity index (χ3n) is 3.35. The Morgan fingerprint density at radius 2 is 2.24 bits per heavy atom. The number of methoxy groups -OCH3 is 1. The van der Waals surface area contributed by atoms with Crippen LogP contribution in [0.5, 0.6) is 0 Å². The monoisotopic (exact) mass is 234 g/mol. The van der Waals surface area contributed by atoms with Gasteiger partial charge in [-0.25, -0.2) is 0 Å². The Hall–Kier alpha value is -1.39. The van der Waals surface area contributed by atoms with E-state index in [1.807, 2.05) is 25.1 Å². The maximum absolute atomic E-state index is 11.8. The molecule has 2 N–H and O–H groups in total. The lowest BCUT2D eigenvalue weighted by molar-refractivity contribution is -0.118. The number of hydrogen-bond acceptors (Lipinski definition) is 3. The van der Waals surface area contributed by atoms with E-state index in [4.69, 9.17) is 10.5 Å². The Kier molecular flexibility index (Phi) is 3.17. The maximum Gasteiger partial charge on any atom is 0.234 e. The number of likely N-dealkylation sites (N-methyl/N-ethyl adjacent to an activating group) is 1. The molecule has 2 atom stereocenters. The number of carbonyl (C=O) groups excluding carboxylic acids is 1. The predicted octanol–water partition coefficient (Wildman–Crippen LogP) is 1.41. The first kappa shape index (κ1) is 12.1. The number of ether oxygens (including phenoxy) is 1. The third kappa shape index (κ3) is 1.94. The van der Waals surface area contributed by atoms with Gasteiger partial charge in [-0.2, -0.15) is 0 Å². The first-order valence-electron chi connectivity index (χ1n) is 5.72. The average Bonchev–Trinajstić information content (AvgIpc) is 2.55. The number of nitrogens with zero attached hydrogens (tertiary/aromatic N) is 1. The molecule has 2 rings (SSSR count). The molecule has 1 aliphatic rings. The number of benzene rings is 1. The predicted molar refractivity (Wildman–Crippen MR) is 67.1 cm³/mol. The summed E-state index contributed by atoms with van der Waals surface area (Å²) in [4.78, 5) is 13.5. The molecule has 0 bridgehead atoms. The second-order valence-electron chi connectivity index (χ2n) is 4.50. The highest BCUT2D eigenvalue weighted by atomic mass is 16.5.